The molecule has 0 amide bonds. The van der Waals surface area contributed by atoms with E-state index >= 15 is 0 Å². The number of ether oxygens (including phenoxy) is 1. The van der Waals surface area contributed by atoms with Gasteiger partial charge in [-0.1, -0.05) is 18.2 Å². The van der Waals surface area contributed by atoms with Crippen LogP contribution in [0.5, 0.6) is 11.5 Å². The highest BCUT2D eigenvalue weighted by Gasteiger charge is 2.25. The molecule has 0 saturated carbocycles. The molecule has 2 aromatic rings. The van der Waals surface area contributed by atoms with Crippen molar-refractivity contribution in [3.8, 4) is 11.5 Å². The van der Waals surface area contributed by atoms with Gasteiger partial charge in [0.2, 0.25) is 0 Å². The van der Waals surface area contributed by atoms with Crippen LogP contribution in [0, 0.1) is 0 Å². The van der Waals surface area contributed by atoms with Crippen molar-refractivity contribution in [1.82, 2.24) is 0 Å². The molecule has 0 aromatic heterocycles. The van der Waals surface area contributed by atoms with Crippen molar-refractivity contribution in [2.45, 2.75) is 6.42 Å². The summed E-state index contributed by atoms with van der Waals surface area (Å²) in [6, 6.07) is 13.3. The van der Waals surface area contributed by atoms with Crippen molar-refractivity contribution in [2.24, 2.45) is 0 Å². The third kappa shape index (κ3) is 3.11. The van der Waals surface area contributed by atoms with Crippen LogP contribution in [0.3, 0.4) is 0 Å². The van der Waals surface area contributed by atoms with Crippen molar-refractivity contribution in [3.05, 3.63) is 46.9 Å². The molecule has 0 unspecified atom stereocenters. The SMILES string of the molecule is O=S(=O)(O)CCCN1c2ccccc2Oc2c(Br)cccc21. The quantitative estimate of drug-likeness (QED) is 0.808. The van der Waals surface area contributed by atoms with E-state index in [9.17, 15) is 8.42 Å². The summed E-state index contributed by atoms with van der Waals surface area (Å²) in [5.41, 5.74) is 1.74. The van der Waals surface area contributed by atoms with Gasteiger partial charge in [-0.2, -0.15) is 8.42 Å². The van der Waals surface area contributed by atoms with Gasteiger partial charge in [0.1, 0.15) is 0 Å². The Bertz CT molecular complexity index is 807. The second-order valence-electron chi connectivity index (χ2n) is 4.95. The third-order valence-electron chi connectivity index (χ3n) is 3.39. The lowest BCUT2D eigenvalue weighted by molar-refractivity contribution is 0.469. The first-order chi connectivity index (χ1) is 10.5. The highest BCUT2D eigenvalue weighted by atomic mass is 79.9. The Balaban J connectivity index is 1.96. The number of fused-ring (bicyclic) bond motifs is 2. The van der Waals surface area contributed by atoms with Gasteiger partial charge in [-0.05, 0) is 46.6 Å². The third-order valence-corrected chi connectivity index (χ3v) is 4.82. The first-order valence-electron chi connectivity index (χ1n) is 6.74. The van der Waals surface area contributed by atoms with E-state index in [0.717, 1.165) is 15.8 Å². The van der Waals surface area contributed by atoms with Gasteiger partial charge in [0.25, 0.3) is 10.1 Å². The van der Waals surface area contributed by atoms with Crippen LogP contribution in [0.2, 0.25) is 0 Å². The minimum absolute atomic E-state index is 0.268. The molecule has 1 heterocycles. The zero-order valence-electron chi connectivity index (χ0n) is 11.6. The molecule has 22 heavy (non-hydrogen) atoms. The van der Waals surface area contributed by atoms with Gasteiger partial charge < -0.3 is 9.64 Å². The summed E-state index contributed by atoms with van der Waals surface area (Å²) < 4.78 is 37.5. The van der Waals surface area contributed by atoms with E-state index in [1.165, 1.54) is 0 Å². The van der Waals surface area contributed by atoms with Gasteiger partial charge in [-0.3, -0.25) is 4.55 Å². The number of hydrogen-bond acceptors (Lipinski definition) is 4. The van der Waals surface area contributed by atoms with Crippen LogP contribution in [0.15, 0.2) is 46.9 Å². The molecular weight excluding hydrogens is 370 g/mol. The molecule has 0 radical (unpaired) electrons. The van der Waals surface area contributed by atoms with Gasteiger partial charge in [0, 0.05) is 6.54 Å². The number of nitrogens with zero attached hydrogens (tertiary/aromatic N) is 1. The summed E-state index contributed by atoms with van der Waals surface area (Å²) in [4.78, 5) is 2.00. The minimum Gasteiger partial charge on any atom is -0.452 e. The maximum absolute atomic E-state index is 10.9. The lowest BCUT2D eigenvalue weighted by Gasteiger charge is -2.33. The number of hydrogen-bond donors (Lipinski definition) is 1. The summed E-state index contributed by atoms with van der Waals surface area (Å²) in [5.74, 6) is 1.15. The van der Waals surface area contributed by atoms with Crippen LogP contribution < -0.4 is 9.64 Å². The highest BCUT2D eigenvalue weighted by molar-refractivity contribution is 9.10. The van der Waals surface area contributed by atoms with Crippen LogP contribution in [0.1, 0.15) is 6.42 Å². The first-order valence-corrected chi connectivity index (χ1v) is 9.14. The molecule has 1 aliphatic heterocycles. The smallest absolute Gasteiger partial charge is 0.264 e. The molecule has 0 saturated heterocycles. The number of benzene rings is 2. The van der Waals surface area contributed by atoms with Gasteiger partial charge in [0.15, 0.2) is 11.5 Å². The average molecular weight is 384 g/mol. The number of rotatable bonds is 4. The molecule has 0 atom stereocenters. The summed E-state index contributed by atoms with van der Waals surface area (Å²) in [6.07, 6.45) is 0.319. The standard InChI is InChI=1S/C15H14BrNO4S/c16-11-5-3-7-13-15(11)21-14-8-2-1-6-12(14)17(13)9-4-10-22(18,19)20/h1-3,5-8H,4,9-10H2,(H,18,19,20). The van der Waals surface area contributed by atoms with Gasteiger partial charge in [-0.15, -0.1) is 0 Å². The van der Waals surface area contributed by atoms with Gasteiger partial charge in [-0.25, -0.2) is 0 Å². The van der Waals surface area contributed by atoms with Crippen LogP contribution in [-0.4, -0.2) is 25.3 Å². The van der Waals surface area contributed by atoms with Crippen molar-refractivity contribution in [2.75, 3.05) is 17.2 Å². The Morgan fingerprint density at radius 1 is 1.09 bits per heavy atom. The largest absolute Gasteiger partial charge is 0.452 e. The molecule has 1 N–H and O–H groups in total. The second kappa shape index (κ2) is 5.91. The average Bonchev–Trinajstić information content (AvgIpc) is 2.46. The van der Waals surface area contributed by atoms with Gasteiger partial charge >= 0.3 is 0 Å². The zero-order valence-corrected chi connectivity index (χ0v) is 14.0. The van der Waals surface area contributed by atoms with Crippen molar-refractivity contribution in [1.29, 1.82) is 0 Å². The van der Waals surface area contributed by atoms with Crippen LogP contribution in [-0.2, 0) is 10.1 Å². The fraction of sp³-hybridized carbons (Fsp3) is 0.200. The Morgan fingerprint density at radius 2 is 1.82 bits per heavy atom. The van der Waals surface area contributed by atoms with Crippen LogP contribution in [0.25, 0.3) is 0 Å². The summed E-state index contributed by atoms with van der Waals surface area (Å²) >= 11 is 3.47. The minimum atomic E-state index is -3.96. The van der Waals surface area contributed by atoms with E-state index in [0.29, 0.717) is 24.5 Å². The molecule has 116 valence electrons. The van der Waals surface area contributed by atoms with Crippen molar-refractivity contribution < 1.29 is 17.7 Å². The number of halogens is 1. The van der Waals surface area contributed by atoms with E-state index in [1.54, 1.807) is 0 Å². The molecule has 3 rings (SSSR count). The topological polar surface area (TPSA) is 66.8 Å². The Morgan fingerprint density at radius 3 is 2.59 bits per heavy atom. The Labute approximate surface area is 137 Å². The van der Waals surface area contributed by atoms with E-state index in [1.807, 2.05) is 47.4 Å². The fourth-order valence-electron chi connectivity index (χ4n) is 2.46. The molecule has 7 heteroatoms. The summed E-state index contributed by atoms with van der Waals surface area (Å²) in [5, 5.41) is 0. The van der Waals surface area contributed by atoms with Crippen molar-refractivity contribution in [3.63, 3.8) is 0 Å². The Kier molecular flexibility index (Phi) is 4.12. The molecule has 0 bridgehead atoms. The van der Waals surface area contributed by atoms with E-state index in [2.05, 4.69) is 15.9 Å². The van der Waals surface area contributed by atoms with Crippen LogP contribution >= 0.6 is 15.9 Å². The molecule has 5 nitrogen and oxygen atoms in total. The molecular formula is C15H14BrNO4S. The predicted octanol–water partition coefficient (Wildman–Crippen LogP) is 3.97. The summed E-state index contributed by atoms with van der Waals surface area (Å²) in [6.45, 7) is 0.462. The highest BCUT2D eigenvalue weighted by Crippen LogP contribution is 2.49. The molecule has 0 aliphatic carbocycles. The molecule has 2 aromatic carbocycles. The number of para-hydroxylation sites is 3. The molecule has 1 aliphatic rings. The second-order valence-corrected chi connectivity index (χ2v) is 7.38. The van der Waals surface area contributed by atoms with Crippen LogP contribution in [0.4, 0.5) is 11.4 Å². The van der Waals surface area contributed by atoms with Crippen molar-refractivity contribution >= 4 is 37.4 Å². The zero-order chi connectivity index (χ0) is 15.7. The maximum atomic E-state index is 10.9. The lowest BCUT2D eigenvalue weighted by Crippen LogP contribution is -2.24. The van der Waals surface area contributed by atoms with E-state index < -0.39 is 10.1 Å². The van der Waals surface area contributed by atoms with E-state index in [-0.39, 0.29) is 5.75 Å². The fourth-order valence-corrected chi connectivity index (χ4v) is 3.39. The predicted molar refractivity (Wildman–Crippen MR) is 88.7 cm³/mol. The number of anilines is 2. The molecule has 0 fully saturated rings. The molecule has 0 spiro atoms. The Hall–Kier alpha value is -1.57. The van der Waals surface area contributed by atoms with Gasteiger partial charge in [0.05, 0.1) is 21.6 Å². The summed E-state index contributed by atoms with van der Waals surface area (Å²) in [7, 11) is -3.96. The monoisotopic (exact) mass is 383 g/mol. The lowest BCUT2D eigenvalue weighted by atomic mass is 10.1. The first kappa shape index (κ1) is 15.3. The normalized spacial score (nSPS) is 13.3. The van der Waals surface area contributed by atoms with E-state index in [4.69, 9.17) is 9.29 Å². The maximum Gasteiger partial charge on any atom is 0.264 e.